The highest BCUT2D eigenvalue weighted by atomic mass is 32.2. The molecule has 0 aromatic heterocycles. The molecule has 0 saturated heterocycles. The summed E-state index contributed by atoms with van der Waals surface area (Å²) in [6.07, 6.45) is 1.47. The van der Waals surface area contributed by atoms with Gasteiger partial charge in [-0.15, -0.1) is 11.8 Å². The molecule has 17 heavy (non-hydrogen) atoms. The van der Waals surface area contributed by atoms with Crippen LogP contribution in [0.3, 0.4) is 0 Å². The first-order valence-electron chi connectivity index (χ1n) is 5.25. The summed E-state index contributed by atoms with van der Waals surface area (Å²) in [4.78, 5) is 12.5. The first-order valence-corrected chi connectivity index (χ1v) is 6.48. The van der Waals surface area contributed by atoms with Crippen molar-refractivity contribution in [1.82, 2.24) is 0 Å². The zero-order chi connectivity index (χ0) is 13.1. The van der Waals surface area contributed by atoms with Crippen molar-refractivity contribution >= 4 is 29.2 Å². The summed E-state index contributed by atoms with van der Waals surface area (Å²) in [6.45, 7) is 5.47. The zero-order valence-electron chi connectivity index (χ0n) is 10.5. The standard InChI is InChI=1S/C12H18N2O2S/c1-12(2,3)16-11(15)14-8-5-6-9(13)10(7-8)17-4/h5-7H,13H2,1-4H3,(H,14,15). The number of hydrogen-bond acceptors (Lipinski definition) is 4. The molecular formula is C12H18N2O2S. The third-order valence-corrected chi connectivity index (χ3v) is 2.67. The quantitative estimate of drug-likeness (QED) is 0.627. The van der Waals surface area contributed by atoms with Gasteiger partial charge < -0.3 is 10.5 Å². The molecular weight excluding hydrogens is 236 g/mol. The number of carbonyl (C=O) groups is 1. The number of rotatable bonds is 2. The topological polar surface area (TPSA) is 64.3 Å². The largest absolute Gasteiger partial charge is 0.444 e. The number of hydrogen-bond donors (Lipinski definition) is 2. The van der Waals surface area contributed by atoms with Gasteiger partial charge in [-0.1, -0.05) is 0 Å². The van der Waals surface area contributed by atoms with Crippen LogP contribution < -0.4 is 11.1 Å². The number of thioether (sulfide) groups is 1. The SMILES string of the molecule is CSc1cc(NC(=O)OC(C)(C)C)ccc1N. The lowest BCUT2D eigenvalue weighted by molar-refractivity contribution is 0.0636. The maximum absolute atomic E-state index is 11.5. The molecule has 3 N–H and O–H groups in total. The summed E-state index contributed by atoms with van der Waals surface area (Å²) >= 11 is 1.53. The second-order valence-electron chi connectivity index (χ2n) is 4.58. The Morgan fingerprint density at radius 1 is 1.41 bits per heavy atom. The fourth-order valence-corrected chi connectivity index (χ4v) is 1.76. The Labute approximate surface area is 106 Å². The Hall–Kier alpha value is -1.36. The van der Waals surface area contributed by atoms with Crippen LogP contribution in [0.5, 0.6) is 0 Å². The number of benzene rings is 1. The average Bonchev–Trinajstić information content (AvgIpc) is 2.18. The van der Waals surface area contributed by atoms with Gasteiger partial charge in [0.05, 0.1) is 0 Å². The smallest absolute Gasteiger partial charge is 0.412 e. The van der Waals surface area contributed by atoms with Crippen LogP contribution in [-0.2, 0) is 4.74 Å². The van der Waals surface area contributed by atoms with Gasteiger partial charge in [0.15, 0.2) is 0 Å². The molecule has 0 unspecified atom stereocenters. The van der Waals surface area contributed by atoms with Crippen molar-refractivity contribution in [3.05, 3.63) is 18.2 Å². The van der Waals surface area contributed by atoms with E-state index < -0.39 is 11.7 Å². The van der Waals surface area contributed by atoms with Gasteiger partial charge in [0.2, 0.25) is 0 Å². The minimum atomic E-state index is -0.500. The van der Waals surface area contributed by atoms with Crippen LogP contribution in [0.15, 0.2) is 23.1 Å². The second kappa shape index (κ2) is 5.31. The van der Waals surface area contributed by atoms with Gasteiger partial charge >= 0.3 is 6.09 Å². The van der Waals surface area contributed by atoms with Gasteiger partial charge in [0.1, 0.15) is 5.60 Å². The minimum absolute atomic E-state index is 0.464. The Bertz CT molecular complexity index is 413. The first-order chi connectivity index (χ1) is 7.81. The number of nitrogens with one attached hydrogen (secondary N) is 1. The molecule has 1 amide bonds. The molecule has 0 aliphatic rings. The number of nitrogens with two attached hydrogens (primary N) is 1. The Kier molecular flexibility index (Phi) is 4.28. The fraction of sp³-hybridized carbons (Fsp3) is 0.417. The van der Waals surface area contributed by atoms with Crippen LogP contribution >= 0.6 is 11.8 Å². The number of carbonyl (C=O) groups excluding carboxylic acids is 1. The highest BCUT2D eigenvalue weighted by molar-refractivity contribution is 7.98. The minimum Gasteiger partial charge on any atom is -0.444 e. The van der Waals surface area contributed by atoms with E-state index in [1.54, 1.807) is 12.1 Å². The van der Waals surface area contributed by atoms with Crippen molar-refractivity contribution in [2.24, 2.45) is 0 Å². The second-order valence-corrected chi connectivity index (χ2v) is 5.43. The van der Waals surface area contributed by atoms with Gasteiger partial charge in [-0.3, -0.25) is 5.32 Å². The highest BCUT2D eigenvalue weighted by Crippen LogP contribution is 2.26. The molecule has 0 heterocycles. The van der Waals surface area contributed by atoms with Gasteiger partial charge in [0, 0.05) is 16.3 Å². The molecule has 0 radical (unpaired) electrons. The van der Waals surface area contributed by atoms with Gasteiger partial charge in [-0.05, 0) is 45.2 Å². The fourth-order valence-electron chi connectivity index (χ4n) is 1.21. The van der Waals surface area contributed by atoms with Crippen molar-refractivity contribution in [2.75, 3.05) is 17.3 Å². The molecule has 1 rings (SSSR count). The number of anilines is 2. The molecule has 0 fully saturated rings. The molecule has 0 atom stereocenters. The third kappa shape index (κ3) is 4.56. The predicted molar refractivity (Wildman–Crippen MR) is 72.5 cm³/mol. The summed E-state index contributed by atoms with van der Waals surface area (Å²) in [7, 11) is 0. The van der Waals surface area contributed by atoms with Crippen molar-refractivity contribution < 1.29 is 9.53 Å². The van der Waals surface area contributed by atoms with Crippen LogP contribution in [0.4, 0.5) is 16.2 Å². The van der Waals surface area contributed by atoms with E-state index in [2.05, 4.69) is 5.32 Å². The van der Waals surface area contributed by atoms with Crippen LogP contribution in [0.2, 0.25) is 0 Å². The van der Waals surface area contributed by atoms with Crippen LogP contribution in [0, 0.1) is 0 Å². The maximum atomic E-state index is 11.5. The zero-order valence-corrected chi connectivity index (χ0v) is 11.4. The molecule has 0 aliphatic heterocycles. The van der Waals surface area contributed by atoms with Gasteiger partial charge in [-0.25, -0.2) is 4.79 Å². The van der Waals surface area contributed by atoms with E-state index in [9.17, 15) is 4.79 Å². The first kappa shape index (κ1) is 13.7. The van der Waals surface area contributed by atoms with E-state index in [1.807, 2.05) is 33.1 Å². The lowest BCUT2D eigenvalue weighted by Gasteiger charge is -2.19. The molecule has 0 bridgehead atoms. The molecule has 0 saturated carbocycles. The summed E-state index contributed by atoms with van der Waals surface area (Å²) in [5, 5.41) is 2.67. The van der Waals surface area contributed by atoms with Crippen molar-refractivity contribution in [1.29, 1.82) is 0 Å². The summed E-state index contributed by atoms with van der Waals surface area (Å²) < 4.78 is 5.16. The summed E-state index contributed by atoms with van der Waals surface area (Å²) in [5.41, 5.74) is 6.65. The van der Waals surface area contributed by atoms with Gasteiger partial charge in [0.25, 0.3) is 0 Å². The van der Waals surface area contributed by atoms with E-state index in [0.29, 0.717) is 11.4 Å². The van der Waals surface area contributed by atoms with Crippen molar-refractivity contribution in [2.45, 2.75) is 31.3 Å². The molecule has 94 valence electrons. The normalized spacial score (nSPS) is 11.1. The van der Waals surface area contributed by atoms with Crippen LogP contribution in [-0.4, -0.2) is 18.0 Å². The Balaban J connectivity index is 2.72. The monoisotopic (exact) mass is 254 g/mol. The van der Waals surface area contributed by atoms with E-state index >= 15 is 0 Å². The van der Waals surface area contributed by atoms with Crippen LogP contribution in [0.25, 0.3) is 0 Å². The van der Waals surface area contributed by atoms with E-state index in [-0.39, 0.29) is 0 Å². The molecule has 4 nitrogen and oxygen atoms in total. The Morgan fingerprint density at radius 2 is 2.06 bits per heavy atom. The van der Waals surface area contributed by atoms with Crippen molar-refractivity contribution in [3.8, 4) is 0 Å². The number of amides is 1. The van der Waals surface area contributed by atoms with Crippen LogP contribution in [0.1, 0.15) is 20.8 Å². The lowest BCUT2D eigenvalue weighted by atomic mass is 10.2. The van der Waals surface area contributed by atoms with E-state index in [4.69, 9.17) is 10.5 Å². The molecule has 0 spiro atoms. The average molecular weight is 254 g/mol. The third-order valence-electron chi connectivity index (χ3n) is 1.88. The molecule has 1 aromatic rings. The number of ether oxygens (including phenoxy) is 1. The Morgan fingerprint density at radius 3 is 2.59 bits per heavy atom. The number of nitrogen functional groups attached to an aromatic ring is 1. The lowest BCUT2D eigenvalue weighted by Crippen LogP contribution is -2.27. The predicted octanol–water partition coefficient (Wildman–Crippen LogP) is 3.34. The molecule has 1 aromatic carbocycles. The van der Waals surface area contributed by atoms with Crippen molar-refractivity contribution in [3.63, 3.8) is 0 Å². The van der Waals surface area contributed by atoms with E-state index in [0.717, 1.165) is 4.90 Å². The van der Waals surface area contributed by atoms with Gasteiger partial charge in [-0.2, -0.15) is 0 Å². The summed E-state index contributed by atoms with van der Waals surface area (Å²) in [5.74, 6) is 0. The molecule has 5 heteroatoms. The van der Waals surface area contributed by atoms with E-state index in [1.165, 1.54) is 11.8 Å². The molecule has 0 aliphatic carbocycles. The maximum Gasteiger partial charge on any atom is 0.412 e. The highest BCUT2D eigenvalue weighted by Gasteiger charge is 2.16. The summed E-state index contributed by atoms with van der Waals surface area (Å²) in [6, 6.07) is 5.33.